The number of rotatable bonds is 5. The number of aromatic amines is 1. The topological polar surface area (TPSA) is 98.7 Å². The molecule has 0 spiro atoms. The smallest absolute Gasteiger partial charge is 0.273 e. The zero-order valence-corrected chi connectivity index (χ0v) is 16.6. The molecule has 7 heteroatoms. The predicted octanol–water partition coefficient (Wildman–Crippen LogP) is 2.95. The molecule has 0 radical (unpaired) electrons. The summed E-state index contributed by atoms with van der Waals surface area (Å²) in [4.78, 5) is 14.6. The first-order chi connectivity index (χ1) is 14.0. The van der Waals surface area contributed by atoms with Crippen molar-refractivity contribution in [2.24, 2.45) is 0 Å². The number of hydrogen-bond acceptors (Lipinski definition) is 5. The highest BCUT2D eigenvalue weighted by Crippen LogP contribution is 2.45. The number of H-pyrrole nitrogens is 1. The number of ether oxygens (including phenoxy) is 1. The Bertz CT molecular complexity index is 1050. The van der Waals surface area contributed by atoms with E-state index < -0.39 is 6.04 Å². The van der Waals surface area contributed by atoms with Crippen LogP contribution in [0.4, 0.5) is 0 Å². The van der Waals surface area contributed by atoms with E-state index in [2.05, 4.69) is 10.2 Å². The van der Waals surface area contributed by atoms with Gasteiger partial charge in [-0.1, -0.05) is 18.2 Å². The zero-order chi connectivity index (χ0) is 20.7. The standard InChI is InChI=1S/C22H23N3O4/c1-12-10-13(2)17(16(27)11-12)19-18-20(24-23-19)22(28)25(8-9-26)21(18)14-4-6-15(29-3)7-5-14/h4-7,10-11,21,26-27H,8-9H2,1-3H3,(H,23,24)/t21-/m0/s1. The molecule has 2 heterocycles. The molecule has 1 aliphatic rings. The fourth-order valence-electron chi connectivity index (χ4n) is 4.11. The van der Waals surface area contributed by atoms with Gasteiger partial charge in [0, 0.05) is 17.7 Å². The first-order valence-electron chi connectivity index (χ1n) is 9.40. The van der Waals surface area contributed by atoms with Gasteiger partial charge in [0.05, 0.1) is 19.8 Å². The highest BCUT2D eigenvalue weighted by atomic mass is 16.5. The van der Waals surface area contributed by atoms with E-state index >= 15 is 0 Å². The molecule has 0 bridgehead atoms. The summed E-state index contributed by atoms with van der Waals surface area (Å²) in [5.74, 6) is 0.614. The summed E-state index contributed by atoms with van der Waals surface area (Å²) in [5, 5.41) is 27.4. The van der Waals surface area contributed by atoms with Crippen LogP contribution in [0.2, 0.25) is 0 Å². The van der Waals surface area contributed by atoms with Crippen LogP contribution in [0.25, 0.3) is 11.3 Å². The number of nitrogens with one attached hydrogen (secondary N) is 1. The SMILES string of the molecule is COc1ccc([C@H]2c3c(-c4c(C)cc(C)cc4O)n[nH]c3C(=O)N2CCO)cc1. The van der Waals surface area contributed by atoms with Crippen LogP contribution in [-0.4, -0.2) is 51.5 Å². The van der Waals surface area contributed by atoms with E-state index in [1.54, 1.807) is 18.1 Å². The number of fused-ring (bicyclic) bond motifs is 1. The molecule has 3 aromatic rings. The van der Waals surface area contributed by atoms with Gasteiger partial charge in [-0.2, -0.15) is 5.10 Å². The summed E-state index contributed by atoms with van der Waals surface area (Å²) in [6.07, 6.45) is 0. The van der Waals surface area contributed by atoms with Crippen molar-refractivity contribution < 1.29 is 19.7 Å². The fraction of sp³-hybridized carbons (Fsp3) is 0.273. The summed E-state index contributed by atoms with van der Waals surface area (Å²) in [6.45, 7) is 3.86. The molecular formula is C22H23N3O4. The van der Waals surface area contributed by atoms with Gasteiger partial charge in [0.2, 0.25) is 0 Å². The van der Waals surface area contributed by atoms with Crippen LogP contribution >= 0.6 is 0 Å². The zero-order valence-electron chi connectivity index (χ0n) is 16.6. The number of aryl methyl sites for hydroxylation is 2. The largest absolute Gasteiger partial charge is 0.507 e. The van der Waals surface area contributed by atoms with Gasteiger partial charge in [-0.25, -0.2) is 0 Å². The molecule has 29 heavy (non-hydrogen) atoms. The minimum absolute atomic E-state index is 0.123. The lowest BCUT2D eigenvalue weighted by atomic mass is 9.93. The number of aromatic hydroxyl groups is 1. The Kier molecular flexibility index (Phi) is 4.76. The van der Waals surface area contributed by atoms with Crippen LogP contribution in [-0.2, 0) is 0 Å². The van der Waals surface area contributed by atoms with E-state index in [1.165, 1.54) is 0 Å². The van der Waals surface area contributed by atoms with Crippen LogP contribution < -0.4 is 4.74 Å². The maximum Gasteiger partial charge on any atom is 0.273 e. The maximum atomic E-state index is 13.0. The Morgan fingerprint density at radius 2 is 1.93 bits per heavy atom. The van der Waals surface area contributed by atoms with Crippen molar-refractivity contribution in [1.82, 2.24) is 15.1 Å². The van der Waals surface area contributed by atoms with Crippen molar-refractivity contribution in [1.29, 1.82) is 0 Å². The number of benzene rings is 2. The molecule has 150 valence electrons. The highest BCUT2D eigenvalue weighted by Gasteiger charge is 2.42. The molecule has 7 nitrogen and oxygen atoms in total. The van der Waals surface area contributed by atoms with Crippen molar-refractivity contribution in [3.05, 3.63) is 64.3 Å². The molecule has 0 saturated carbocycles. The minimum Gasteiger partial charge on any atom is -0.507 e. The number of hydrogen-bond donors (Lipinski definition) is 3. The average molecular weight is 393 g/mol. The summed E-state index contributed by atoms with van der Waals surface area (Å²) in [7, 11) is 1.60. The van der Waals surface area contributed by atoms with E-state index in [0.717, 1.165) is 16.7 Å². The summed E-state index contributed by atoms with van der Waals surface area (Å²) < 4.78 is 5.25. The number of amides is 1. The minimum atomic E-state index is -0.426. The van der Waals surface area contributed by atoms with E-state index in [9.17, 15) is 15.0 Å². The van der Waals surface area contributed by atoms with Crippen LogP contribution in [0.1, 0.15) is 38.8 Å². The molecule has 1 atom stereocenters. The van der Waals surface area contributed by atoms with E-state index in [1.807, 2.05) is 44.2 Å². The number of aliphatic hydroxyl groups is 1. The lowest BCUT2D eigenvalue weighted by Crippen LogP contribution is -2.32. The molecule has 1 amide bonds. The third-order valence-electron chi connectivity index (χ3n) is 5.33. The van der Waals surface area contributed by atoms with Gasteiger partial charge >= 0.3 is 0 Å². The van der Waals surface area contributed by atoms with Crippen LogP contribution in [0.5, 0.6) is 11.5 Å². The number of phenols is 1. The van der Waals surface area contributed by atoms with Crippen LogP contribution in [0, 0.1) is 13.8 Å². The number of aliphatic hydroxyl groups excluding tert-OH is 1. The molecular weight excluding hydrogens is 370 g/mol. The van der Waals surface area contributed by atoms with Gasteiger partial charge < -0.3 is 19.8 Å². The van der Waals surface area contributed by atoms with Gasteiger partial charge in [0.25, 0.3) is 5.91 Å². The van der Waals surface area contributed by atoms with Gasteiger partial charge in [-0.15, -0.1) is 0 Å². The van der Waals surface area contributed by atoms with Crippen molar-refractivity contribution in [2.45, 2.75) is 19.9 Å². The summed E-state index contributed by atoms with van der Waals surface area (Å²) in [6, 6.07) is 10.7. The van der Waals surface area contributed by atoms with Crippen LogP contribution in [0.3, 0.4) is 0 Å². The number of phenolic OH excluding ortho intramolecular Hbond substituents is 1. The first kappa shape index (κ1) is 19.0. The second kappa shape index (κ2) is 7.25. The third-order valence-corrected chi connectivity index (χ3v) is 5.33. The average Bonchev–Trinajstić information content (AvgIpc) is 3.22. The van der Waals surface area contributed by atoms with Gasteiger partial charge in [0.1, 0.15) is 22.9 Å². The van der Waals surface area contributed by atoms with Gasteiger partial charge in [0.15, 0.2) is 0 Å². The Morgan fingerprint density at radius 3 is 2.55 bits per heavy atom. The molecule has 1 aromatic heterocycles. The lowest BCUT2D eigenvalue weighted by Gasteiger charge is -2.26. The fourth-order valence-corrected chi connectivity index (χ4v) is 4.11. The Balaban J connectivity index is 1.91. The number of β-amino-alcohol motifs (C(OH)–C–C–N with tert-alkyl or cyclic N) is 1. The van der Waals surface area contributed by atoms with Crippen molar-refractivity contribution in [2.75, 3.05) is 20.3 Å². The Hall–Kier alpha value is -3.32. The van der Waals surface area contributed by atoms with Crippen LogP contribution in [0.15, 0.2) is 36.4 Å². The van der Waals surface area contributed by atoms with E-state index in [-0.39, 0.29) is 24.8 Å². The highest BCUT2D eigenvalue weighted by molar-refractivity contribution is 6.00. The number of nitrogens with zero attached hydrogens (tertiary/aromatic N) is 2. The number of carbonyl (C=O) groups is 1. The summed E-state index contributed by atoms with van der Waals surface area (Å²) >= 11 is 0. The molecule has 2 aromatic carbocycles. The quantitative estimate of drug-likeness (QED) is 0.619. The molecule has 4 rings (SSSR count). The second-order valence-corrected chi connectivity index (χ2v) is 7.23. The lowest BCUT2D eigenvalue weighted by molar-refractivity contribution is 0.0706. The van der Waals surface area contributed by atoms with Crippen molar-refractivity contribution >= 4 is 5.91 Å². The van der Waals surface area contributed by atoms with E-state index in [4.69, 9.17) is 4.74 Å². The Morgan fingerprint density at radius 1 is 1.21 bits per heavy atom. The summed E-state index contributed by atoms with van der Waals surface area (Å²) in [5.41, 5.74) is 4.93. The number of methoxy groups -OCH3 is 1. The molecule has 0 fully saturated rings. The van der Waals surface area contributed by atoms with Gasteiger partial charge in [-0.05, 0) is 48.7 Å². The molecule has 0 saturated heterocycles. The predicted molar refractivity (Wildman–Crippen MR) is 108 cm³/mol. The monoisotopic (exact) mass is 393 g/mol. The molecule has 1 aliphatic heterocycles. The number of carbonyl (C=O) groups excluding carboxylic acids is 1. The van der Waals surface area contributed by atoms with Crippen molar-refractivity contribution in [3.8, 4) is 22.8 Å². The molecule has 0 aliphatic carbocycles. The van der Waals surface area contributed by atoms with E-state index in [0.29, 0.717) is 28.3 Å². The maximum absolute atomic E-state index is 13.0. The number of aromatic nitrogens is 2. The molecule has 3 N–H and O–H groups in total. The Labute approximate surface area is 168 Å². The first-order valence-corrected chi connectivity index (χ1v) is 9.40. The second-order valence-electron chi connectivity index (χ2n) is 7.23. The molecule has 0 unspecified atom stereocenters. The third kappa shape index (κ3) is 3.03. The van der Waals surface area contributed by atoms with Crippen molar-refractivity contribution in [3.63, 3.8) is 0 Å². The van der Waals surface area contributed by atoms with Gasteiger partial charge in [-0.3, -0.25) is 9.89 Å². The normalized spacial score (nSPS) is 15.7.